The number of benzene rings is 1. The van der Waals surface area contributed by atoms with E-state index >= 15 is 0 Å². The zero-order valence-electron chi connectivity index (χ0n) is 18.6. The summed E-state index contributed by atoms with van der Waals surface area (Å²) in [6.45, 7) is 4.51. The normalized spacial score (nSPS) is 22.0. The van der Waals surface area contributed by atoms with Gasteiger partial charge in [-0.25, -0.2) is 4.98 Å². The van der Waals surface area contributed by atoms with Gasteiger partial charge in [0.25, 0.3) is 0 Å². The predicted molar refractivity (Wildman–Crippen MR) is 125 cm³/mol. The number of phenols is 1. The molecular weight excluding hydrogens is 407 g/mol. The van der Waals surface area contributed by atoms with Gasteiger partial charge in [0.15, 0.2) is 0 Å². The molecule has 0 bridgehead atoms. The van der Waals surface area contributed by atoms with E-state index in [4.69, 9.17) is 0 Å². The maximum Gasteiger partial charge on any atom is 0.231 e. The van der Waals surface area contributed by atoms with E-state index in [-0.39, 0.29) is 24.4 Å². The number of hydrogen-bond acceptors (Lipinski definition) is 5. The lowest BCUT2D eigenvalue weighted by molar-refractivity contribution is -0.123. The highest BCUT2D eigenvalue weighted by Gasteiger charge is 2.31. The highest BCUT2D eigenvalue weighted by atomic mass is 19.1. The Morgan fingerprint density at radius 2 is 1.75 bits per heavy atom. The fraction of sp³-hybridized carbons (Fsp3) is 0.520. The first-order chi connectivity index (χ1) is 15.7. The molecule has 7 heteroatoms. The fourth-order valence-electron chi connectivity index (χ4n) is 4.82. The number of halogens is 1. The van der Waals surface area contributed by atoms with Crippen LogP contribution in [0.3, 0.4) is 0 Å². The SMILES string of the molecule is O=C(C1CCC(CF)CC1)N(CCN1CCN(c2ccccc2O)CC1)c1ccccn1. The quantitative estimate of drug-likeness (QED) is 0.711. The Morgan fingerprint density at radius 3 is 2.41 bits per heavy atom. The van der Waals surface area contributed by atoms with Crippen molar-refractivity contribution in [2.45, 2.75) is 25.7 Å². The molecule has 1 amide bonds. The first-order valence-corrected chi connectivity index (χ1v) is 11.7. The maximum atomic E-state index is 13.4. The number of hydrogen-bond donors (Lipinski definition) is 1. The third-order valence-electron chi connectivity index (χ3n) is 6.84. The Morgan fingerprint density at radius 1 is 1.03 bits per heavy atom. The molecule has 172 valence electrons. The molecule has 1 aromatic heterocycles. The molecule has 1 aromatic carbocycles. The van der Waals surface area contributed by atoms with Gasteiger partial charge in [-0.05, 0) is 55.9 Å². The highest BCUT2D eigenvalue weighted by molar-refractivity contribution is 5.94. The van der Waals surface area contributed by atoms with Gasteiger partial charge in [-0.15, -0.1) is 0 Å². The fourth-order valence-corrected chi connectivity index (χ4v) is 4.82. The van der Waals surface area contributed by atoms with Crippen LogP contribution in [0.15, 0.2) is 48.7 Å². The Balaban J connectivity index is 1.35. The topological polar surface area (TPSA) is 59.9 Å². The maximum absolute atomic E-state index is 13.4. The van der Waals surface area contributed by atoms with Crippen LogP contribution in [0.2, 0.25) is 0 Å². The zero-order valence-corrected chi connectivity index (χ0v) is 18.6. The molecule has 1 N–H and O–H groups in total. The number of pyridine rings is 1. The van der Waals surface area contributed by atoms with Gasteiger partial charge in [0.1, 0.15) is 11.6 Å². The number of phenolic OH excluding ortho intramolecular Hbond substituents is 1. The molecule has 6 nitrogen and oxygen atoms in total. The van der Waals surface area contributed by atoms with E-state index in [0.717, 1.165) is 64.1 Å². The van der Waals surface area contributed by atoms with E-state index in [1.54, 1.807) is 12.3 Å². The molecule has 0 spiro atoms. The monoisotopic (exact) mass is 440 g/mol. The van der Waals surface area contributed by atoms with Crippen LogP contribution in [0.4, 0.5) is 15.9 Å². The minimum Gasteiger partial charge on any atom is -0.506 e. The molecular formula is C25H33FN4O2. The van der Waals surface area contributed by atoms with Crippen LogP contribution < -0.4 is 9.80 Å². The third-order valence-corrected chi connectivity index (χ3v) is 6.84. The second-order valence-corrected chi connectivity index (χ2v) is 8.87. The lowest BCUT2D eigenvalue weighted by Gasteiger charge is -2.37. The van der Waals surface area contributed by atoms with Crippen LogP contribution in [0.5, 0.6) is 5.75 Å². The Hall–Kier alpha value is -2.67. The Bertz CT molecular complexity index is 865. The van der Waals surface area contributed by atoms with Crippen molar-refractivity contribution < 1.29 is 14.3 Å². The lowest BCUT2D eigenvalue weighted by atomic mass is 9.82. The van der Waals surface area contributed by atoms with Crippen LogP contribution in [0, 0.1) is 11.8 Å². The molecule has 0 unspecified atom stereocenters. The molecule has 1 saturated heterocycles. The molecule has 4 rings (SSSR count). The second kappa shape index (κ2) is 10.8. The Kier molecular flexibility index (Phi) is 7.58. The largest absolute Gasteiger partial charge is 0.506 e. The standard InChI is InChI=1S/C25H33FN4O2/c26-19-20-8-10-21(11-9-20)25(32)30(24-7-3-4-12-27-24)18-15-28-13-16-29(17-14-28)22-5-1-2-6-23(22)31/h1-7,12,20-21,31H,8-11,13-19H2. The summed E-state index contributed by atoms with van der Waals surface area (Å²) < 4.78 is 13.0. The summed E-state index contributed by atoms with van der Waals surface area (Å²) in [5.74, 6) is 1.20. The number of aromatic hydroxyl groups is 1. The number of rotatable bonds is 7. The van der Waals surface area contributed by atoms with Crippen LogP contribution in [-0.4, -0.2) is 66.8 Å². The van der Waals surface area contributed by atoms with Crippen LogP contribution in [0.1, 0.15) is 25.7 Å². The van der Waals surface area contributed by atoms with Gasteiger partial charge in [0.2, 0.25) is 5.91 Å². The van der Waals surface area contributed by atoms with Gasteiger partial charge in [0, 0.05) is 51.4 Å². The van der Waals surface area contributed by atoms with Gasteiger partial charge in [0.05, 0.1) is 12.4 Å². The summed E-state index contributed by atoms with van der Waals surface area (Å²) >= 11 is 0. The molecule has 2 aromatic rings. The molecule has 0 radical (unpaired) electrons. The molecule has 0 atom stereocenters. The van der Waals surface area contributed by atoms with Gasteiger partial charge in [-0.1, -0.05) is 18.2 Å². The average molecular weight is 441 g/mol. The Labute approximate surface area is 189 Å². The van der Waals surface area contributed by atoms with Crippen molar-refractivity contribution in [2.75, 3.05) is 55.7 Å². The molecule has 32 heavy (non-hydrogen) atoms. The van der Waals surface area contributed by atoms with Gasteiger partial charge >= 0.3 is 0 Å². The number of para-hydroxylation sites is 2. The van der Waals surface area contributed by atoms with E-state index in [0.29, 0.717) is 18.1 Å². The minimum atomic E-state index is -0.280. The number of anilines is 2. The van der Waals surface area contributed by atoms with E-state index < -0.39 is 0 Å². The number of aromatic nitrogens is 1. The summed E-state index contributed by atoms with van der Waals surface area (Å²) in [6.07, 6.45) is 4.82. The minimum absolute atomic E-state index is 0.0438. The first kappa shape index (κ1) is 22.5. The predicted octanol–water partition coefficient (Wildman–Crippen LogP) is 3.72. The smallest absolute Gasteiger partial charge is 0.231 e. The third kappa shape index (κ3) is 5.38. The summed E-state index contributed by atoms with van der Waals surface area (Å²) in [5, 5.41) is 10.1. The van der Waals surface area contributed by atoms with E-state index in [1.807, 2.05) is 41.3 Å². The number of piperazine rings is 1. The molecule has 1 aliphatic heterocycles. The van der Waals surface area contributed by atoms with Gasteiger partial charge < -0.3 is 10.0 Å². The van der Waals surface area contributed by atoms with Crippen molar-refractivity contribution in [3.8, 4) is 5.75 Å². The van der Waals surface area contributed by atoms with E-state index in [2.05, 4.69) is 14.8 Å². The summed E-state index contributed by atoms with van der Waals surface area (Å²) in [7, 11) is 0. The lowest BCUT2D eigenvalue weighted by Crippen LogP contribution is -2.50. The number of alkyl halides is 1. The molecule has 2 aliphatic rings. The molecule has 1 saturated carbocycles. The van der Waals surface area contributed by atoms with Gasteiger partial charge in [-0.2, -0.15) is 0 Å². The first-order valence-electron chi connectivity index (χ1n) is 11.7. The molecule has 2 fully saturated rings. The number of amides is 1. The zero-order chi connectivity index (χ0) is 22.3. The number of carbonyl (C=O) groups is 1. The van der Waals surface area contributed by atoms with Crippen molar-refractivity contribution in [2.24, 2.45) is 11.8 Å². The van der Waals surface area contributed by atoms with E-state index in [1.165, 1.54) is 0 Å². The van der Waals surface area contributed by atoms with Crippen LogP contribution >= 0.6 is 0 Å². The van der Waals surface area contributed by atoms with Crippen molar-refractivity contribution in [1.29, 1.82) is 0 Å². The summed E-state index contributed by atoms with van der Waals surface area (Å²) in [6, 6.07) is 13.1. The van der Waals surface area contributed by atoms with Crippen molar-refractivity contribution in [3.63, 3.8) is 0 Å². The van der Waals surface area contributed by atoms with Crippen molar-refractivity contribution in [3.05, 3.63) is 48.7 Å². The van der Waals surface area contributed by atoms with Crippen LogP contribution in [0.25, 0.3) is 0 Å². The van der Waals surface area contributed by atoms with Crippen molar-refractivity contribution in [1.82, 2.24) is 9.88 Å². The molecule has 1 aliphatic carbocycles. The van der Waals surface area contributed by atoms with Gasteiger partial charge in [-0.3, -0.25) is 19.0 Å². The van der Waals surface area contributed by atoms with Crippen molar-refractivity contribution >= 4 is 17.4 Å². The van der Waals surface area contributed by atoms with E-state index in [9.17, 15) is 14.3 Å². The number of carbonyl (C=O) groups excluding carboxylic acids is 1. The average Bonchev–Trinajstić information content (AvgIpc) is 2.85. The number of nitrogens with zero attached hydrogens (tertiary/aromatic N) is 4. The van der Waals surface area contributed by atoms with Crippen LogP contribution in [-0.2, 0) is 4.79 Å². The summed E-state index contributed by atoms with van der Waals surface area (Å²) in [5.41, 5.74) is 0.876. The second-order valence-electron chi connectivity index (χ2n) is 8.87. The molecule has 2 heterocycles. The highest BCUT2D eigenvalue weighted by Crippen LogP contribution is 2.31. The summed E-state index contributed by atoms with van der Waals surface area (Å²) in [4.78, 5) is 24.2.